The molecule has 1 fully saturated rings. The molecule has 2 heterocycles. The van der Waals surface area contributed by atoms with Crippen LogP contribution in [0.3, 0.4) is 0 Å². The van der Waals surface area contributed by atoms with E-state index in [1.54, 1.807) is 0 Å². The highest BCUT2D eigenvalue weighted by atomic mass is 15.3. The minimum atomic E-state index is 0.496. The van der Waals surface area contributed by atoms with Gasteiger partial charge in [0.05, 0.1) is 6.20 Å². The first-order chi connectivity index (χ1) is 8.20. The summed E-state index contributed by atoms with van der Waals surface area (Å²) in [6, 6.07) is 0.496. The number of likely N-dealkylation sites (tertiary alicyclic amines) is 1. The molecule has 0 aliphatic carbocycles. The molecule has 0 aromatic carbocycles. The molecule has 2 rings (SSSR count). The van der Waals surface area contributed by atoms with Gasteiger partial charge in [0, 0.05) is 31.4 Å². The largest absolute Gasteiger partial charge is 0.317 e. The highest BCUT2D eigenvalue weighted by Gasteiger charge is 2.26. The molecule has 1 aromatic rings. The zero-order valence-corrected chi connectivity index (χ0v) is 11.2. The van der Waals surface area contributed by atoms with Crippen LogP contribution in [0.2, 0.25) is 0 Å². The van der Waals surface area contributed by atoms with E-state index in [0.29, 0.717) is 6.04 Å². The van der Waals surface area contributed by atoms with E-state index >= 15 is 0 Å². The van der Waals surface area contributed by atoms with E-state index in [9.17, 15) is 0 Å². The fourth-order valence-electron chi connectivity index (χ4n) is 2.60. The quantitative estimate of drug-likeness (QED) is 0.839. The minimum absolute atomic E-state index is 0.496. The summed E-state index contributed by atoms with van der Waals surface area (Å²) in [6.07, 6.45) is 5.43. The number of nitrogens with zero attached hydrogens (tertiary/aromatic N) is 3. The predicted octanol–water partition coefficient (Wildman–Crippen LogP) is 1.41. The molecule has 0 bridgehead atoms. The van der Waals surface area contributed by atoms with Gasteiger partial charge in [-0.25, -0.2) is 0 Å². The van der Waals surface area contributed by atoms with Crippen LogP contribution < -0.4 is 5.32 Å². The predicted molar refractivity (Wildman–Crippen MR) is 69.8 cm³/mol. The lowest BCUT2D eigenvalue weighted by molar-refractivity contribution is 0.252. The first-order valence-corrected chi connectivity index (χ1v) is 6.64. The molecule has 2 unspecified atom stereocenters. The standard InChI is InChI=1S/C13H24N4/c1-4-14-7-12-5-6-17(9-12)11(2)13-8-15-16(3)10-13/h8,10-12,14H,4-7,9H2,1-3H3. The van der Waals surface area contributed by atoms with Crippen LogP contribution in [0.1, 0.15) is 31.9 Å². The Morgan fingerprint density at radius 1 is 1.59 bits per heavy atom. The van der Waals surface area contributed by atoms with Crippen LogP contribution in [0, 0.1) is 5.92 Å². The number of hydrogen-bond acceptors (Lipinski definition) is 3. The second kappa shape index (κ2) is 5.65. The Morgan fingerprint density at radius 3 is 3.06 bits per heavy atom. The summed E-state index contributed by atoms with van der Waals surface area (Å²) in [5.74, 6) is 0.814. The first-order valence-electron chi connectivity index (χ1n) is 6.64. The third-order valence-electron chi connectivity index (χ3n) is 3.76. The van der Waals surface area contributed by atoms with Crippen molar-refractivity contribution in [3.63, 3.8) is 0 Å². The highest BCUT2D eigenvalue weighted by Crippen LogP contribution is 2.26. The number of aryl methyl sites for hydroxylation is 1. The lowest BCUT2D eigenvalue weighted by atomic mass is 10.1. The lowest BCUT2D eigenvalue weighted by Crippen LogP contribution is -2.28. The first kappa shape index (κ1) is 12.6. The molecule has 1 saturated heterocycles. The molecular formula is C13H24N4. The molecule has 0 saturated carbocycles. The summed E-state index contributed by atoms with van der Waals surface area (Å²) in [5.41, 5.74) is 1.33. The number of aromatic nitrogens is 2. The fraction of sp³-hybridized carbons (Fsp3) is 0.769. The average molecular weight is 236 g/mol. The van der Waals surface area contributed by atoms with Crippen LogP contribution in [-0.2, 0) is 7.05 Å². The van der Waals surface area contributed by atoms with E-state index < -0.39 is 0 Å². The van der Waals surface area contributed by atoms with Crippen LogP contribution in [-0.4, -0.2) is 40.9 Å². The molecule has 1 aliphatic heterocycles. The second-order valence-electron chi connectivity index (χ2n) is 5.08. The minimum Gasteiger partial charge on any atom is -0.317 e. The summed E-state index contributed by atoms with van der Waals surface area (Å²) in [4.78, 5) is 2.57. The molecule has 1 aromatic heterocycles. The van der Waals surface area contributed by atoms with Crippen LogP contribution in [0.4, 0.5) is 0 Å². The molecule has 0 amide bonds. The van der Waals surface area contributed by atoms with Gasteiger partial charge in [0.15, 0.2) is 0 Å². The highest BCUT2D eigenvalue weighted by molar-refractivity contribution is 5.10. The second-order valence-corrected chi connectivity index (χ2v) is 5.08. The van der Waals surface area contributed by atoms with Gasteiger partial charge >= 0.3 is 0 Å². The summed E-state index contributed by atoms with van der Waals surface area (Å²) in [7, 11) is 1.98. The van der Waals surface area contributed by atoms with Gasteiger partial charge in [0.1, 0.15) is 0 Å². The number of rotatable bonds is 5. The van der Waals surface area contributed by atoms with Crippen molar-refractivity contribution in [3.8, 4) is 0 Å². The summed E-state index contributed by atoms with van der Waals surface area (Å²) in [6.45, 7) is 9.12. The molecule has 2 atom stereocenters. The Morgan fingerprint density at radius 2 is 2.41 bits per heavy atom. The maximum atomic E-state index is 4.26. The van der Waals surface area contributed by atoms with E-state index in [1.807, 2.05) is 17.9 Å². The molecule has 1 N–H and O–H groups in total. The number of nitrogens with one attached hydrogen (secondary N) is 1. The van der Waals surface area contributed by atoms with Gasteiger partial charge in [-0.2, -0.15) is 5.10 Å². The maximum absolute atomic E-state index is 4.26. The van der Waals surface area contributed by atoms with Gasteiger partial charge in [-0.3, -0.25) is 9.58 Å². The fourth-order valence-corrected chi connectivity index (χ4v) is 2.60. The lowest BCUT2D eigenvalue weighted by Gasteiger charge is -2.23. The Labute approximate surface area is 104 Å². The smallest absolute Gasteiger partial charge is 0.0537 e. The van der Waals surface area contributed by atoms with E-state index in [-0.39, 0.29) is 0 Å². The number of hydrogen-bond donors (Lipinski definition) is 1. The van der Waals surface area contributed by atoms with Crippen LogP contribution in [0.5, 0.6) is 0 Å². The van der Waals surface area contributed by atoms with Crippen molar-refractivity contribution in [3.05, 3.63) is 18.0 Å². The van der Waals surface area contributed by atoms with Crippen molar-refractivity contribution in [1.29, 1.82) is 0 Å². The molecule has 1 aliphatic rings. The SMILES string of the molecule is CCNCC1CCN(C(C)c2cnn(C)c2)C1. The summed E-state index contributed by atoms with van der Waals surface area (Å²) >= 11 is 0. The van der Waals surface area contributed by atoms with E-state index in [0.717, 1.165) is 19.0 Å². The zero-order valence-electron chi connectivity index (χ0n) is 11.2. The molecular weight excluding hydrogens is 212 g/mol. The van der Waals surface area contributed by atoms with Crippen molar-refractivity contribution < 1.29 is 0 Å². The molecule has 4 heteroatoms. The molecule has 96 valence electrons. The maximum Gasteiger partial charge on any atom is 0.0537 e. The van der Waals surface area contributed by atoms with Crippen LogP contribution in [0.15, 0.2) is 12.4 Å². The van der Waals surface area contributed by atoms with Crippen molar-refractivity contribution >= 4 is 0 Å². The van der Waals surface area contributed by atoms with E-state index in [2.05, 4.69) is 35.4 Å². The summed E-state index contributed by atoms with van der Waals surface area (Å²) < 4.78 is 1.89. The third-order valence-corrected chi connectivity index (χ3v) is 3.76. The topological polar surface area (TPSA) is 33.1 Å². The van der Waals surface area contributed by atoms with Crippen LogP contribution >= 0.6 is 0 Å². The monoisotopic (exact) mass is 236 g/mol. The van der Waals surface area contributed by atoms with E-state index in [4.69, 9.17) is 0 Å². The zero-order chi connectivity index (χ0) is 12.3. The average Bonchev–Trinajstić information content (AvgIpc) is 2.94. The Hall–Kier alpha value is -0.870. The van der Waals surface area contributed by atoms with Gasteiger partial charge in [0.25, 0.3) is 0 Å². The van der Waals surface area contributed by atoms with Gasteiger partial charge in [0.2, 0.25) is 0 Å². The van der Waals surface area contributed by atoms with E-state index in [1.165, 1.54) is 25.1 Å². The van der Waals surface area contributed by atoms with Crippen molar-refractivity contribution in [1.82, 2.24) is 20.0 Å². The van der Waals surface area contributed by atoms with Gasteiger partial charge < -0.3 is 5.32 Å². The van der Waals surface area contributed by atoms with Gasteiger partial charge in [-0.05, 0) is 38.9 Å². The van der Waals surface area contributed by atoms with Gasteiger partial charge in [-0.15, -0.1) is 0 Å². The van der Waals surface area contributed by atoms with Gasteiger partial charge in [-0.1, -0.05) is 6.92 Å². The molecule has 4 nitrogen and oxygen atoms in total. The van der Waals surface area contributed by atoms with Crippen molar-refractivity contribution in [2.75, 3.05) is 26.2 Å². The molecule has 17 heavy (non-hydrogen) atoms. The summed E-state index contributed by atoms with van der Waals surface area (Å²) in [5, 5.41) is 7.71. The van der Waals surface area contributed by atoms with Crippen LogP contribution in [0.25, 0.3) is 0 Å². The molecule has 0 spiro atoms. The Balaban J connectivity index is 1.87. The van der Waals surface area contributed by atoms with Crippen molar-refractivity contribution in [2.45, 2.75) is 26.3 Å². The Kier molecular flexibility index (Phi) is 4.18. The Bertz CT molecular complexity index is 347. The normalized spacial score (nSPS) is 23.1. The molecule has 0 radical (unpaired) electrons. The van der Waals surface area contributed by atoms with Crippen molar-refractivity contribution in [2.24, 2.45) is 13.0 Å². The third kappa shape index (κ3) is 3.07.